The summed E-state index contributed by atoms with van der Waals surface area (Å²) in [6.07, 6.45) is 0. The van der Waals surface area contributed by atoms with Crippen molar-refractivity contribution in [3.63, 3.8) is 0 Å². The molecule has 0 radical (unpaired) electrons. The lowest BCUT2D eigenvalue weighted by Crippen LogP contribution is -2.59. The monoisotopic (exact) mass is 758 g/mol. The number of hydrogen-bond donors (Lipinski definition) is 0. The molecule has 0 saturated heterocycles. The van der Waals surface area contributed by atoms with Crippen molar-refractivity contribution >= 4 is 120 Å². The van der Waals surface area contributed by atoms with Crippen LogP contribution in [0.5, 0.6) is 0 Å². The fraction of sp³-hybridized carbons (Fsp3) is 0.176. The number of rotatable bonds is 2. The van der Waals surface area contributed by atoms with Crippen LogP contribution in [0, 0.1) is 6.92 Å². The zero-order chi connectivity index (χ0) is 38.2. The molecule has 2 aromatic heterocycles. The molecule has 11 rings (SSSR count). The number of hydrogen-bond acceptors (Lipinski definition) is 4. The highest BCUT2D eigenvalue weighted by molar-refractivity contribution is 7.40. The normalized spacial score (nSPS) is 13.9. The smallest absolute Gasteiger partial charge is 0.277 e. The number of benzene rings is 7. The first-order chi connectivity index (χ1) is 26.9. The molecule has 0 spiro atoms. The predicted octanol–water partition coefficient (Wildman–Crippen LogP) is 13.4. The van der Waals surface area contributed by atoms with Gasteiger partial charge in [-0.3, -0.25) is 0 Å². The molecule has 5 heteroatoms. The van der Waals surface area contributed by atoms with E-state index < -0.39 is 0 Å². The summed E-state index contributed by atoms with van der Waals surface area (Å²) in [5, 5.41) is 7.79. The van der Waals surface area contributed by atoms with E-state index in [0.29, 0.717) is 0 Å². The molecule has 56 heavy (non-hydrogen) atoms. The van der Waals surface area contributed by atoms with Gasteiger partial charge in [-0.05, 0) is 122 Å². The summed E-state index contributed by atoms with van der Waals surface area (Å²) in [5.74, 6) is 0. The van der Waals surface area contributed by atoms with Gasteiger partial charge in [-0.25, -0.2) is 0 Å². The number of fused-ring (bicyclic) bond motifs is 10. The SMILES string of the molecule is Cc1cc2c3c(c1)N(c1ccc(C(C)(C)C)cc1)c1c(sc4cc5ccccc5cc14)B3c1sc3cc4ccccc4cc3c1N2c1ccc(C(C)(C)C)cc1. The lowest BCUT2D eigenvalue weighted by molar-refractivity contribution is 0.590. The maximum absolute atomic E-state index is 2.60. The molecule has 2 nitrogen and oxygen atoms in total. The molecule has 0 fully saturated rings. The van der Waals surface area contributed by atoms with Gasteiger partial charge in [-0.1, -0.05) is 114 Å². The molecule has 0 unspecified atom stereocenters. The molecule has 272 valence electrons. The zero-order valence-corrected chi connectivity index (χ0v) is 34.6. The fourth-order valence-electron chi connectivity index (χ4n) is 9.23. The van der Waals surface area contributed by atoms with Crippen LogP contribution in [0.2, 0.25) is 0 Å². The van der Waals surface area contributed by atoms with Crippen LogP contribution in [-0.4, -0.2) is 6.71 Å². The highest BCUT2D eigenvalue weighted by Gasteiger charge is 2.47. The Bertz CT molecular complexity index is 2860. The largest absolute Gasteiger partial charge is 0.310 e. The Kier molecular flexibility index (Phi) is 7.17. The van der Waals surface area contributed by atoms with Gasteiger partial charge >= 0.3 is 0 Å². The van der Waals surface area contributed by atoms with Crippen molar-refractivity contribution in [3.05, 3.63) is 150 Å². The quantitative estimate of drug-likeness (QED) is 0.162. The van der Waals surface area contributed by atoms with Gasteiger partial charge < -0.3 is 9.80 Å². The second-order valence-corrected chi connectivity index (χ2v) is 20.1. The van der Waals surface area contributed by atoms with Gasteiger partial charge in [0.1, 0.15) is 0 Å². The van der Waals surface area contributed by atoms with Crippen molar-refractivity contribution in [1.82, 2.24) is 0 Å². The summed E-state index contributed by atoms with van der Waals surface area (Å²) in [5.41, 5.74) is 13.1. The van der Waals surface area contributed by atoms with E-state index in [1.54, 1.807) is 0 Å². The molecule has 0 N–H and O–H groups in total. The van der Waals surface area contributed by atoms with E-state index in [4.69, 9.17) is 0 Å². The molecule has 0 saturated carbocycles. The topological polar surface area (TPSA) is 6.48 Å². The Morgan fingerprint density at radius 2 is 0.839 bits per heavy atom. The van der Waals surface area contributed by atoms with Crippen LogP contribution in [-0.2, 0) is 10.8 Å². The van der Waals surface area contributed by atoms with Crippen molar-refractivity contribution in [2.75, 3.05) is 9.80 Å². The van der Waals surface area contributed by atoms with E-state index in [2.05, 4.69) is 192 Å². The molecule has 0 atom stereocenters. The Balaban J connectivity index is 1.26. The number of nitrogens with zero attached hydrogens (tertiary/aromatic N) is 2. The van der Waals surface area contributed by atoms with E-state index in [9.17, 15) is 0 Å². The molecule has 9 aromatic rings. The first kappa shape index (κ1) is 33.9. The minimum Gasteiger partial charge on any atom is -0.310 e. The molecular formula is C51H43BN2S2. The summed E-state index contributed by atoms with van der Waals surface area (Å²) >= 11 is 3.98. The molecule has 7 aromatic carbocycles. The van der Waals surface area contributed by atoms with Crippen LogP contribution in [0.25, 0.3) is 41.7 Å². The minimum absolute atomic E-state index is 0.0681. The molecule has 4 heterocycles. The maximum atomic E-state index is 2.60. The van der Waals surface area contributed by atoms with Gasteiger partial charge in [0.15, 0.2) is 0 Å². The van der Waals surface area contributed by atoms with E-state index in [1.165, 1.54) is 108 Å². The van der Waals surface area contributed by atoms with Crippen LogP contribution in [0.3, 0.4) is 0 Å². The van der Waals surface area contributed by atoms with Crippen molar-refractivity contribution in [2.24, 2.45) is 0 Å². The third kappa shape index (κ3) is 5.00. The van der Waals surface area contributed by atoms with Crippen LogP contribution in [0.15, 0.2) is 133 Å². The van der Waals surface area contributed by atoms with Gasteiger partial charge in [-0.15, -0.1) is 22.7 Å². The lowest BCUT2D eigenvalue weighted by atomic mass is 9.39. The van der Waals surface area contributed by atoms with E-state index >= 15 is 0 Å². The summed E-state index contributed by atoms with van der Waals surface area (Å²) < 4.78 is 5.52. The molecule has 2 aliphatic rings. The average molecular weight is 759 g/mol. The Morgan fingerprint density at radius 1 is 0.464 bits per heavy atom. The van der Waals surface area contributed by atoms with Gasteiger partial charge in [-0.2, -0.15) is 0 Å². The first-order valence-corrected chi connectivity index (χ1v) is 21.4. The summed E-state index contributed by atoms with van der Waals surface area (Å²) in [7, 11) is 0. The standard InChI is InChI=1S/C51H43BN2S2/c1-30-24-41-45-42(25-30)54(38-22-18-36(19-23-38)51(5,6)7)47-40-27-32-13-9-11-15-34(32)29-44(40)56-49(47)52(45)48-46(53(41)37-20-16-35(17-21-37)50(2,3)4)39-26-31-12-8-10-14-33(31)28-43(39)55-48/h8-29H,1-7H3. The van der Waals surface area contributed by atoms with Crippen molar-refractivity contribution in [3.8, 4) is 0 Å². The summed E-state index contributed by atoms with van der Waals surface area (Å²) in [4.78, 5) is 5.20. The third-order valence-electron chi connectivity index (χ3n) is 12.1. The Hall–Kier alpha value is -5.36. The average Bonchev–Trinajstić information content (AvgIpc) is 3.73. The fourth-order valence-corrected chi connectivity index (χ4v) is 12.0. The second-order valence-electron chi connectivity index (χ2n) is 17.9. The van der Waals surface area contributed by atoms with Crippen molar-refractivity contribution in [2.45, 2.75) is 59.3 Å². The van der Waals surface area contributed by atoms with Crippen LogP contribution in [0.4, 0.5) is 34.1 Å². The molecule has 0 amide bonds. The third-order valence-corrected chi connectivity index (χ3v) is 14.5. The number of aryl methyl sites for hydroxylation is 1. The van der Waals surface area contributed by atoms with Crippen LogP contribution < -0.4 is 24.8 Å². The van der Waals surface area contributed by atoms with Crippen LogP contribution in [0.1, 0.15) is 58.2 Å². The summed E-state index contributed by atoms with van der Waals surface area (Å²) in [6.45, 7) is 16.2. The van der Waals surface area contributed by atoms with E-state index in [-0.39, 0.29) is 17.5 Å². The van der Waals surface area contributed by atoms with Crippen molar-refractivity contribution < 1.29 is 0 Å². The Labute approximate surface area is 337 Å². The Morgan fingerprint density at radius 3 is 1.21 bits per heavy atom. The van der Waals surface area contributed by atoms with Gasteiger partial charge in [0.05, 0.1) is 11.4 Å². The number of anilines is 6. The zero-order valence-electron chi connectivity index (χ0n) is 33.0. The van der Waals surface area contributed by atoms with Crippen molar-refractivity contribution in [1.29, 1.82) is 0 Å². The van der Waals surface area contributed by atoms with E-state index in [1.807, 2.05) is 22.7 Å². The molecular weight excluding hydrogens is 716 g/mol. The van der Waals surface area contributed by atoms with Gasteiger partial charge in [0.25, 0.3) is 6.71 Å². The van der Waals surface area contributed by atoms with Crippen LogP contribution >= 0.6 is 22.7 Å². The highest BCUT2D eigenvalue weighted by Crippen LogP contribution is 2.51. The second kappa shape index (κ2) is 11.8. The predicted molar refractivity (Wildman–Crippen MR) is 248 cm³/mol. The first-order valence-electron chi connectivity index (χ1n) is 19.8. The summed E-state index contributed by atoms with van der Waals surface area (Å²) in [6, 6.07) is 51.1. The lowest BCUT2D eigenvalue weighted by Gasteiger charge is -2.42. The minimum atomic E-state index is 0.0681. The van der Waals surface area contributed by atoms with Gasteiger partial charge in [0.2, 0.25) is 0 Å². The molecule has 0 bridgehead atoms. The number of thiophene rings is 2. The molecule has 0 aliphatic carbocycles. The van der Waals surface area contributed by atoms with E-state index in [0.717, 1.165) is 0 Å². The molecule has 2 aliphatic heterocycles. The maximum Gasteiger partial charge on any atom is 0.277 e. The van der Waals surface area contributed by atoms with Gasteiger partial charge in [0, 0.05) is 52.5 Å². The highest BCUT2D eigenvalue weighted by atomic mass is 32.1.